The molecule has 0 spiro atoms. The molecule has 0 unspecified atom stereocenters. The highest BCUT2D eigenvalue weighted by Crippen LogP contribution is 2.40. The zero-order valence-electron chi connectivity index (χ0n) is 26.2. The van der Waals surface area contributed by atoms with Gasteiger partial charge in [0.1, 0.15) is 22.7 Å². The molecular weight excluding hydrogens is 554 g/mol. The fourth-order valence-corrected chi connectivity index (χ4v) is 6.58. The van der Waals surface area contributed by atoms with Crippen LogP contribution in [0.4, 0.5) is 11.5 Å². The summed E-state index contributed by atoms with van der Waals surface area (Å²) < 4.78 is 5.45. The molecule has 5 heterocycles. The van der Waals surface area contributed by atoms with E-state index >= 15 is 0 Å². The second-order valence-corrected chi connectivity index (χ2v) is 12.6. The van der Waals surface area contributed by atoms with Crippen molar-refractivity contribution >= 4 is 33.9 Å². The molecule has 0 fully saturated rings. The first-order chi connectivity index (χ1) is 20.9. The van der Waals surface area contributed by atoms with E-state index in [0.29, 0.717) is 52.7 Å². The van der Waals surface area contributed by atoms with E-state index in [-0.39, 0.29) is 23.5 Å². The summed E-state index contributed by atoms with van der Waals surface area (Å²) in [7, 11) is 3.56. The number of amides is 1. The quantitative estimate of drug-likeness (QED) is 0.302. The first-order valence-electron chi connectivity index (χ1n) is 14.9. The Balaban J connectivity index is 1.36. The number of hydrogen-bond donors (Lipinski definition) is 2. The average molecular weight is 594 g/mol. The number of nitrogens with one attached hydrogen (secondary N) is 1. The molecule has 10 nitrogen and oxygen atoms in total. The maximum Gasteiger partial charge on any atom is 0.274 e. The van der Waals surface area contributed by atoms with Gasteiger partial charge in [-0.3, -0.25) is 14.3 Å². The summed E-state index contributed by atoms with van der Waals surface area (Å²) in [4.78, 5) is 33.1. The van der Waals surface area contributed by atoms with Crippen LogP contribution in [0.5, 0.6) is 0 Å². The predicted molar refractivity (Wildman–Crippen MR) is 173 cm³/mol. The Hall–Kier alpha value is -4.70. The molecule has 0 radical (unpaired) electrons. The molecule has 0 aromatic carbocycles. The van der Waals surface area contributed by atoms with Crippen LogP contribution >= 0.6 is 0 Å². The van der Waals surface area contributed by atoms with Crippen molar-refractivity contribution in [2.24, 2.45) is 19.5 Å². The van der Waals surface area contributed by atoms with Crippen LogP contribution in [0.15, 0.2) is 65.4 Å². The van der Waals surface area contributed by atoms with Gasteiger partial charge in [0.25, 0.3) is 11.5 Å². The molecule has 1 amide bonds. The fraction of sp³-hybridized carbons (Fsp3) is 0.353. The van der Waals surface area contributed by atoms with Gasteiger partial charge in [0.2, 0.25) is 0 Å². The van der Waals surface area contributed by atoms with Crippen molar-refractivity contribution in [3.8, 4) is 0 Å². The number of fused-ring (bicyclic) bond motifs is 4. The summed E-state index contributed by atoms with van der Waals surface area (Å²) in [6, 6.07) is 5.66. The summed E-state index contributed by atoms with van der Waals surface area (Å²) in [5.41, 5.74) is 7.55. The molecule has 4 aromatic heterocycles. The molecule has 6 rings (SSSR count). The molecule has 1 aliphatic heterocycles. The summed E-state index contributed by atoms with van der Waals surface area (Å²) in [5, 5.41) is 19.3. The van der Waals surface area contributed by atoms with Crippen molar-refractivity contribution in [3.63, 3.8) is 0 Å². The lowest BCUT2D eigenvalue weighted by Gasteiger charge is -2.32. The van der Waals surface area contributed by atoms with Crippen molar-refractivity contribution < 1.29 is 9.90 Å². The number of nitrogens with zero attached hydrogens (tertiary/aromatic N) is 6. The Labute approximate surface area is 256 Å². The van der Waals surface area contributed by atoms with Crippen LogP contribution in [0.3, 0.4) is 0 Å². The van der Waals surface area contributed by atoms with Crippen molar-refractivity contribution in [3.05, 3.63) is 99.2 Å². The Bertz CT molecular complexity index is 1970. The second kappa shape index (κ2) is 10.8. The van der Waals surface area contributed by atoms with Crippen molar-refractivity contribution in [1.29, 1.82) is 0 Å². The van der Waals surface area contributed by atoms with Crippen molar-refractivity contribution in [2.75, 3.05) is 18.5 Å². The number of allylic oxidation sites excluding steroid dienone is 3. The van der Waals surface area contributed by atoms with Gasteiger partial charge in [-0.25, -0.2) is 4.98 Å². The van der Waals surface area contributed by atoms with E-state index < -0.39 is 0 Å². The molecule has 44 heavy (non-hydrogen) atoms. The topological polar surface area (TPSA) is 110 Å². The van der Waals surface area contributed by atoms with E-state index in [1.807, 2.05) is 45.2 Å². The zero-order chi connectivity index (χ0) is 31.5. The minimum absolute atomic E-state index is 0.116. The van der Waals surface area contributed by atoms with Crippen LogP contribution in [0, 0.1) is 12.3 Å². The Kier molecular flexibility index (Phi) is 7.20. The molecule has 0 bridgehead atoms. The van der Waals surface area contributed by atoms with Gasteiger partial charge < -0.3 is 24.5 Å². The van der Waals surface area contributed by atoms with Gasteiger partial charge in [0.15, 0.2) is 0 Å². The molecule has 228 valence electrons. The number of aryl methyl sites for hydroxylation is 3. The van der Waals surface area contributed by atoms with Gasteiger partial charge in [0.05, 0.1) is 12.8 Å². The lowest BCUT2D eigenvalue weighted by atomic mass is 9.90. The minimum Gasteiger partial charge on any atom is -0.392 e. The summed E-state index contributed by atoms with van der Waals surface area (Å²) >= 11 is 0. The molecule has 10 heteroatoms. The average Bonchev–Trinajstić information content (AvgIpc) is 3.57. The third-order valence-electron chi connectivity index (χ3n) is 8.89. The lowest BCUT2D eigenvalue weighted by Crippen LogP contribution is -2.40. The maximum absolute atomic E-state index is 13.8. The number of carbonyl (C=O) groups is 1. The standard InChI is InChI=1S/C34H39N7O3/c1-8-9-24(23-12-27(32(43)38(6)18-23)36-31-14-25-20(2)39(7)37-28(25)17-35-31)26(19-42)21(3)40-10-11-41-29(33(40)44)13-22-15-34(4,5)16-30(22)41/h8-9,12-14,17-18,36,42H,3,10-11,15-16,19H2,1-2,4-7H3/b9-8-,26-24+. The van der Waals surface area contributed by atoms with E-state index in [2.05, 4.69) is 40.4 Å². The number of aromatic nitrogens is 5. The zero-order valence-corrected chi connectivity index (χ0v) is 26.2. The SMILES string of the molecule is C=C(/C(CO)=C(\C=C/C)c1cc(Nc2cc3c(C)n(C)nc3cn2)c(=O)n(C)c1)N1CCn2c(cc3c2CC(C)(C)C3)C1=O. The van der Waals surface area contributed by atoms with E-state index in [0.717, 1.165) is 29.4 Å². The highest BCUT2D eigenvalue weighted by molar-refractivity contribution is 5.96. The van der Waals surface area contributed by atoms with Crippen LogP contribution in [0.1, 0.15) is 53.8 Å². The molecule has 2 N–H and O–H groups in total. The van der Waals surface area contributed by atoms with Crippen LogP contribution < -0.4 is 10.9 Å². The monoisotopic (exact) mass is 593 g/mol. The number of carbonyl (C=O) groups excluding carboxylic acids is 1. The van der Waals surface area contributed by atoms with Gasteiger partial charge in [-0.15, -0.1) is 0 Å². The number of aliphatic hydroxyl groups is 1. The van der Waals surface area contributed by atoms with Crippen molar-refractivity contribution in [2.45, 2.75) is 47.1 Å². The van der Waals surface area contributed by atoms with Crippen LogP contribution in [0.2, 0.25) is 0 Å². The van der Waals surface area contributed by atoms with Gasteiger partial charge in [-0.2, -0.15) is 5.10 Å². The molecule has 2 aliphatic rings. The number of aliphatic hydroxyl groups excluding tert-OH is 1. The Morgan fingerprint density at radius 2 is 1.93 bits per heavy atom. The summed E-state index contributed by atoms with van der Waals surface area (Å²) in [6.45, 7) is 13.5. The highest BCUT2D eigenvalue weighted by Gasteiger charge is 2.37. The molecular formula is C34H39N7O3. The van der Waals surface area contributed by atoms with Gasteiger partial charge in [-0.1, -0.05) is 32.6 Å². The normalized spacial score (nSPS) is 16.4. The van der Waals surface area contributed by atoms with Gasteiger partial charge in [-0.05, 0) is 61.4 Å². The maximum atomic E-state index is 13.8. The van der Waals surface area contributed by atoms with Crippen LogP contribution in [-0.2, 0) is 33.5 Å². The lowest BCUT2D eigenvalue weighted by molar-refractivity contribution is 0.0761. The molecule has 0 saturated carbocycles. The van der Waals surface area contributed by atoms with E-state index in [9.17, 15) is 14.7 Å². The van der Waals surface area contributed by atoms with Gasteiger partial charge >= 0.3 is 0 Å². The third kappa shape index (κ3) is 4.89. The first-order valence-corrected chi connectivity index (χ1v) is 14.9. The van der Waals surface area contributed by atoms with Gasteiger partial charge in [0, 0.05) is 67.0 Å². The number of pyridine rings is 2. The predicted octanol–water partition coefficient (Wildman–Crippen LogP) is 4.64. The van der Waals surface area contributed by atoms with E-state index in [1.54, 1.807) is 35.1 Å². The first kappa shape index (κ1) is 29.4. The largest absolute Gasteiger partial charge is 0.392 e. The number of rotatable bonds is 7. The molecule has 0 atom stereocenters. The molecule has 1 aliphatic carbocycles. The number of anilines is 2. The van der Waals surface area contributed by atoms with Crippen molar-refractivity contribution in [1.82, 2.24) is 28.8 Å². The van der Waals surface area contributed by atoms with E-state index in [1.165, 1.54) is 15.8 Å². The Morgan fingerprint density at radius 3 is 2.66 bits per heavy atom. The molecule has 0 saturated heterocycles. The van der Waals surface area contributed by atoms with Crippen LogP contribution in [0.25, 0.3) is 16.5 Å². The number of hydrogen-bond acceptors (Lipinski definition) is 6. The Morgan fingerprint density at radius 1 is 1.16 bits per heavy atom. The fourth-order valence-electron chi connectivity index (χ4n) is 6.58. The second-order valence-electron chi connectivity index (χ2n) is 12.6. The third-order valence-corrected chi connectivity index (χ3v) is 8.89. The smallest absolute Gasteiger partial charge is 0.274 e. The molecule has 4 aromatic rings. The highest BCUT2D eigenvalue weighted by atomic mass is 16.3. The van der Waals surface area contributed by atoms with E-state index in [4.69, 9.17) is 0 Å². The minimum atomic E-state index is -0.335. The summed E-state index contributed by atoms with van der Waals surface area (Å²) in [5.74, 6) is 0.401. The summed E-state index contributed by atoms with van der Waals surface area (Å²) in [6.07, 6.45) is 9.06. The van der Waals surface area contributed by atoms with Crippen LogP contribution in [-0.4, -0.2) is 53.0 Å².